The van der Waals surface area contributed by atoms with E-state index < -0.39 is 0 Å². The molecule has 0 spiro atoms. The summed E-state index contributed by atoms with van der Waals surface area (Å²) in [5.74, 6) is 0.587. The summed E-state index contributed by atoms with van der Waals surface area (Å²) >= 11 is 1.77. The molecule has 0 amide bonds. The highest BCUT2D eigenvalue weighted by Crippen LogP contribution is 2.38. The minimum Gasteiger partial charge on any atom is -0.383 e. The van der Waals surface area contributed by atoms with Gasteiger partial charge in [0.2, 0.25) is 0 Å². The van der Waals surface area contributed by atoms with Crippen molar-refractivity contribution in [1.82, 2.24) is 9.97 Å². The van der Waals surface area contributed by atoms with Gasteiger partial charge in [-0.2, -0.15) is 0 Å². The Morgan fingerprint density at radius 2 is 1.93 bits per heavy atom. The van der Waals surface area contributed by atoms with Crippen LogP contribution in [0.3, 0.4) is 0 Å². The lowest BCUT2D eigenvalue weighted by atomic mass is 9.93. The molecule has 0 atom stereocenters. The first kappa shape index (κ1) is 10.4. The van der Waals surface area contributed by atoms with Crippen LogP contribution < -0.4 is 5.73 Å². The first-order valence-electron chi connectivity index (χ1n) is 4.91. The van der Waals surface area contributed by atoms with E-state index >= 15 is 0 Å². The number of hydrogen-bond donors (Lipinski definition) is 1. The van der Waals surface area contributed by atoms with E-state index in [9.17, 15) is 0 Å². The molecule has 2 aromatic heterocycles. The average Bonchev–Trinajstić information content (AvgIpc) is 2.44. The van der Waals surface area contributed by atoms with Gasteiger partial charge in [0, 0.05) is 9.75 Å². The molecule has 3 nitrogen and oxygen atoms in total. The van der Waals surface area contributed by atoms with Gasteiger partial charge in [0.05, 0.1) is 10.9 Å². The number of aromatic nitrogens is 2. The molecule has 0 aliphatic heterocycles. The second-order valence-corrected chi connectivity index (χ2v) is 5.94. The van der Waals surface area contributed by atoms with Gasteiger partial charge >= 0.3 is 0 Å². The number of aryl methyl sites for hydroxylation is 1. The zero-order valence-corrected chi connectivity index (χ0v) is 10.3. The van der Waals surface area contributed by atoms with Crippen LogP contribution >= 0.6 is 11.3 Å². The molecular weight excluding hydrogens is 206 g/mol. The van der Waals surface area contributed by atoms with E-state index in [1.165, 1.54) is 9.75 Å². The smallest absolute Gasteiger partial charge is 0.135 e. The van der Waals surface area contributed by atoms with Crippen molar-refractivity contribution in [2.75, 3.05) is 5.73 Å². The fourth-order valence-corrected chi connectivity index (χ4v) is 2.85. The minimum atomic E-state index is 0.109. The van der Waals surface area contributed by atoms with E-state index in [4.69, 9.17) is 5.73 Å². The maximum Gasteiger partial charge on any atom is 0.135 e. The zero-order chi connectivity index (χ0) is 11.2. The number of thiophene rings is 1. The highest BCUT2D eigenvalue weighted by molar-refractivity contribution is 7.13. The average molecular weight is 221 g/mol. The Hall–Kier alpha value is -1.16. The van der Waals surface area contributed by atoms with Gasteiger partial charge in [-0.15, -0.1) is 11.3 Å². The molecule has 2 aromatic rings. The van der Waals surface area contributed by atoms with E-state index in [2.05, 4.69) is 37.7 Å². The van der Waals surface area contributed by atoms with Crippen LogP contribution in [-0.4, -0.2) is 9.97 Å². The summed E-state index contributed by atoms with van der Waals surface area (Å²) in [7, 11) is 0. The van der Waals surface area contributed by atoms with Gasteiger partial charge in [0.1, 0.15) is 12.1 Å². The standard InChI is InChI=1S/C11H15N3S/c1-6-7-8(13-5-14-10(7)12)9(15-6)11(2,3)4/h5H,1-4H3,(H2,12,13,14). The summed E-state index contributed by atoms with van der Waals surface area (Å²) < 4.78 is 0. The number of fused-ring (bicyclic) bond motifs is 1. The van der Waals surface area contributed by atoms with E-state index in [0.29, 0.717) is 5.82 Å². The number of hydrogen-bond acceptors (Lipinski definition) is 4. The lowest BCUT2D eigenvalue weighted by molar-refractivity contribution is 0.607. The molecule has 0 unspecified atom stereocenters. The van der Waals surface area contributed by atoms with Crippen molar-refractivity contribution in [1.29, 1.82) is 0 Å². The zero-order valence-electron chi connectivity index (χ0n) is 9.46. The Bertz CT molecular complexity index is 508. The largest absolute Gasteiger partial charge is 0.383 e. The molecule has 2 N–H and O–H groups in total. The maximum absolute atomic E-state index is 5.87. The molecule has 0 fully saturated rings. The Morgan fingerprint density at radius 1 is 1.27 bits per heavy atom. The molecule has 0 radical (unpaired) electrons. The van der Waals surface area contributed by atoms with Crippen LogP contribution in [0.4, 0.5) is 5.82 Å². The lowest BCUT2D eigenvalue weighted by Crippen LogP contribution is -2.09. The molecule has 4 heteroatoms. The van der Waals surface area contributed by atoms with Gasteiger partial charge in [-0.1, -0.05) is 20.8 Å². The van der Waals surface area contributed by atoms with Crippen LogP contribution in [0, 0.1) is 6.92 Å². The van der Waals surface area contributed by atoms with Gasteiger partial charge in [-0.05, 0) is 12.3 Å². The number of rotatable bonds is 0. The first-order valence-corrected chi connectivity index (χ1v) is 5.73. The summed E-state index contributed by atoms with van der Waals surface area (Å²) in [6.07, 6.45) is 1.54. The summed E-state index contributed by atoms with van der Waals surface area (Å²) in [6, 6.07) is 0. The number of nitrogen functional groups attached to an aromatic ring is 1. The Morgan fingerprint density at radius 3 is 2.53 bits per heavy atom. The van der Waals surface area contributed by atoms with E-state index in [1.54, 1.807) is 17.7 Å². The molecule has 0 saturated carbocycles. The monoisotopic (exact) mass is 221 g/mol. The molecule has 0 aromatic carbocycles. The second-order valence-electron chi connectivity index (χ2n) is 4.72. The third-order valence-corrected chi connectivity index (χ3v) is 3.90. The van der Waals surface area contributed by atoms with Gasteiger partial charge < -0.3 is 5.73 Å². The SMILES string of the molecule is Cc1sc(C(C)(C)C)c2ncnc(N)c12. The molecule has 15 heavy (non-hydrogen) atoms. The van der Waals surface area contributed by atoms with Crippen LogP contribution in [0.15, 0.2) is 6.33 Å². The molecule has 2 heterocycles. The van der Waals surface area contributed by atoms with Gasteiger partial charge in [-0.25, -0.2) is 9.97 Å². The van der Waals surface area contributed by atoms with Crippen LogP contribution in [0.5, 0.6) is 0 Å². The van der Waals surface area contributed by atoms with Crippen molar-refractivity contribution in [2.45, 2.75) is 33.1 Å². The highest BCUT2D eigenvalue weighted by Gasteiger charge is 2.22. The molecule has 0 bridgehead atoms. The molecule has 0 saturated heterocycles. The number of nitrogens with zero attached hydrogens (tertiary/aromatic N) is 2. The molecule has 0 aliphatic carbocycles. The normalized spacial score (nSPS) is 12.3. The van der Waals surface area contributed by atoms with E-state index in [1.807, 2.05) is 0 Å². The summed E-state index contributed by atoms with van der Waals surface area (Å²) in [4.78, 5) is 10.9. The summed E-state index contributed by atoms with van der Waals surface area (Å²) in [6.45, 7) is 8.64. The Labute approximate surface area is 93.4 Å². The van der Waals surface area contributed by atoms with Crippen molar-refractivity contribution < 1.29 is 0 Å². The fourth-order valence-electron chi connectivity index (χ4n) is 1.68. The molecule has 0 aliphatic rings. The Kier molecular flexibility index (Phi) is 2.19. The maximum atomic E-state index is 5.87. The van der Waals surface area contributed by atoms with Crippen LogP contribution in [0.2, 0.25) is 0 Å². The first-order chi connectivity index (χ1) is 6.91. The van der Waals surface area contributed by atoms with Gasteiger partial charge in [0.15, 0.2) is 0 Å². The lowest BCUT2D eigenvalue weighted by Gasteiger charge is -2.16. The van der Waals surface area contributed by atoms with Crippen molar-refractivity contribution in [3.8, 4) is 0 Å². The predicted octanol–water partition coefficient (Wildman–Crippen LogP) is 2.88. The third-order valence-electron chi connectivity index (χ3n) is 2.38. The summed E-state index contributed by atoms with van der Waals surface area (Å²) in [5, 5.41) is 1.02. The van der Waals surface area contributed by atoms with Gasteiger partial charge in [0.25, 0.3) is 0 Å². The number of nitrogens with two attached hydrogens (primary N) is 1. The molecular formula is C11H15N3S. The number of anilines is 1. The van der Waals surface area contributed by atoms with Crippen molar-refractivity contribution in [3.05, 3.63) is 16.1 Å². The van der Waals surface area contributed by atoms with Crippen molar-refractivity contribution in [3.63, 3.8) is 0 Å². The quantitative estimate of drug-likeness (QED) is 0.744. The van der Waals surface area contributed by atoms with E-state index in [0.717, 1.165) is 10.9 Å². The summed E-state index contributed by atoms with van der Waals surface area (Å²) in [5.41, 5.74) is 6.99. The van der Waals surface area contributed by atoms with Gasteiger partial charge in [-0.3, -0.25) is 0 Å². The van der Waals surface area contributed by atoms with E-state index in [-0.39, 0.29) is 5.41 Å². The van der Waals surface area contributed by atoms with Crippen molar-refractivity contribution in [2.24, 2.45) is 0 Å². The topological polar surface area (TPSA) is 51.8 Å². The Balaban J connectivity index is 2.85. The van der Waals surface area contributed by atoms with Crippen LogP contribution in [-0.2, 0) is 5.41 Å². The molecule has 2 rings (SSSR count). The second kappa shape index (κ2) is 3.17. The highest BCUT2D eigenvalue weighted by atomic mass is 32.1. The predicted molar refractivity (Wildman–Crippen MR) is 65.3 cm³/mol. The molecule has 80 valence electrons. The van der Waals surface area contributed by atoms with Crippen LogP contribution in [0.25, 0.3) is 10.9 Å². The van der Waals surface area contributed by atoms with Crippen molar-refractivity contribution >= 4 is 28.1 Å². The third kappa shape index (κ3) is 1.59. The fraction of sp³-hybridized carbons (Fsp3) is 0.455. The van der Waals surface area contributed by atoms with Crippen LogP contribution in [0.1, 0.15) is 30.5 Å². The minimum absolute atomic E-state index is 0.109.